The fourth-order valence-electron chi connectivity index (χ4n) is 1.35. The lowest BCUT2D eigenvalue weighted by molar-refractivity contribution is -0.116. The SMILES string of the molecule is CC1=NNC(=O)/C1=C/c1ccccc1O. The van der Waals surface area contributed by atoms with Crippen LogP contribution in [-0.2, 0) is 4.79 Å². The summed E-state index contributed by atoms with van der Waals surface area (Å²) in [6.07, 6.45) is 1.62. The summed E-state index contributed by atoms with van der Waals surface area (Å²) in [7, 11) is 0. The van der Waals surface area contributed by atoms with E-state index in [1.54, 1.807) is 37.3 Å². The molecule has 2 N–H and O–H groups in total. The number of aromatic hydroxyl groups is 1. The molecular weight excluding hydrogens is 192 g/mol. The highest BCUT2D eigenvalue weighted by Gasteiger charge is 2.18. The van der Waals surface area contributed by atoms with Crippen molar-refractivity contribution < 1.29 is 9.90 Å². The molecule has 1 aromatic carbocycles. The third-order valence-corrected chi connectivity index (χ3v) is 2.20. The molecule has 0 spiro atoms. The molecule has 2 rings (SSSR count). The Morgan fingerprint density at radius 2 is 2.13 bits per heavy atom. The molecule has 1 aliphatic rings. The summed E-state index contributed by atoms with van der Waals surface area (Å²) >= 11 is 0. The first-order valence-corrected chi connectivity index (χ1v) is 4.53. The number of benzene rings is 1. The Balaban J connectivity index is 2.43. The number of carbonyl (C=O) groups excluding carboxylic acids is 1. The number of hydrogen-bond donors (Lipinski definition) is 2. The summed E-state index contributed by atoms with van der Waals surface area (Å²) in [6.45, 7) is 1.74. The molecule has 0 radical (unpaired) electrons. The Morgan fingerprint density at radius 3 is 2.73 bits per heavy atom. The molecule has 0 atom stereocenters. The average Bonchev–Trinajstić information content (AvgIpc) is 2.53. The Hall–Kier alpha value is -2.10. The number of hydrogen-bond acceptors (Lipinski definition) is 3. The smallest absolute Gasteiger partial charge is 0.273 e. The summed E-state index contributed by atoms with van der Waals surface area (Å²) in [5.41, 5.74) is 4.08. The monoisotopic (exact) mass is 202 g/mol. The van der Waals surface area contributed by atoms with Crippen LogP contribution in [0.2, 0.25) is 0 Å². The van der Waals surface area contributed by atoms with Crippen LogP contribution in [0.4, 0.5) is 0 Å². The maximum absolute atomic E-state index is 11.3. The average molecular weight is 202 g/mol. The zero-order valence-corrected chi connectivity index (χ0v) is 8.19. The number of phenols is 1. The van der Waals surface area contributed by atoms with E-state index in [1.807, 2.05) is 0 Å². The zero-order chi connectivity index (χ0) is 10.8. The molecule has 1 aromatic rings. The van der Waals surface area contributed by atoms with Gasteiger partial charge < -0.3 is 5.11 Å². The summed E-state index contributed by atoms with van der Waals surface area (Å²) in [5, 5.41) is 13.3. The fraction of sp³-hybridized carbons (Fsp3) is 0.0909. The summed E-state index contributed by atoms with van der Waals surface area (Å²) in [5.74, 6) is -0.0896. The van der Waals surface area contributed by atoms with Crippen LogP contribution in [0, 0.1) is 0 Å². The van der Waals surface area contributed by atoms with E-state index in [-0.39, 0.29) is 11.7 Å². The van der Waals surface area contributed by atoms with Gasteiger partial charge in [-0.05, 0) is 19.1 Å². The van der Waals surface area contributed by atoms with Gasteiger partial charge in [0.15, 0.2) is 0 Å². The first kappa shape index (κ1) is 9.45. The molecule has 0 aliphatic carbocycles. The van der Waals surface area contributed by atoms with Crippen molar-refractivity contribution in [2.75, 3.05) is 0 Å². The molecule has 0 saturated heterocycles. The molecule has 1 aliphatic heterocycles. The van der Waals surface area contributed by atoms with Crippen LogP contribution in [0.15, 0.2) is 34.9 Å². The van der Waals surface area contributed by atoms with Crippen molar-refractivity contribution in [3.63, 3.8) is 0 Å². The number of hydrazone groups is 1. The molecule has 0 aromatic heterocycles. The van der Waals surface area contributed by atoms with E-state index in [4.69, 9.17) is 0 Å². The first-order valence-electron chi connectivity index (χ1n) is 4.53. The lowest BCUT2D eigenvalue weighted by Crippen LogP contribution is -2.12. The van der Waals surface area contributed by atoms with Gasteiger partial charge in [-0.15, -0.1) is 0 Å². The third kappa shape index (κ3) is 1.74. The standard InChI is InChI=1S/C11H10N2O2/c1-7-9(11(15)13-12-7)6-8-4-2-3-5-10(8)14/h2-6,14H,1H3,(H,13,15)/b9-6+. The highest BCUT2D eigenvalue weighted by atomic mass is 16.3. The minimum Gasteiger partial charge on any atom is -0.507 e. The van der Waals surface area contributed by atoms with Crippen molar-refractivity contribution in [2.45, 2.75) is 6.92 Å². The normalized spacial score (nSPS) is 17.8. The van der Waals surface area contributed by atoms with Crippen LogP contribution in [0.1, 0.15) is 12.5 Å². The van der Waals surface area contributed by atoms with Gasteiger partial charge >= 0.3 is 0 Å². The predicted octanol–water partition coefficient (Wildman–Crippen LogP) is 1.28. The van der Waals surface area contributed by atoms with Crippen molar-refractivity contribution in [1.29, 1.82) is 0 Å². The van der Waals surface area contributed by atoms with Gasteiger partial charge in [0.05, 0.1) is 11.3 Å². The van der Waals surface area contributed by atoms with Crippen LogP contribution in [0.3, 0.4) is 0 Å². The second kappa shape index (κ2) is 3.57. The number of rotatable bonds is 1. The Kier molecular flexibility index (Phi) is 2.25. The van der Waals surface area contributed by atoms with Gasteiger partial charge in [-0.1, -0.05) is 18.2 Å². The van der Waals surface area contributed by atoms with Crippen molar-refractivity contribution in [1.82, 2.24) is 5.43 Å². The van der Waals surface area contributed by atoms with Gasteiger partial charge in [-0.3, -0.25) is 4.79 Å². The third-order valence-electron chi connectivity index (χ3n) is 2.20. The summed E-state index contributed by atoms with van der Waals surface area (Å²) in [4.78, 5) is 11.3. The highest BCUT2D eigenvalue weighted by molar-refractivity contribution is 6.26. The van der Waals surface area contributed by atoms with Crippen molar-refractivity contribution in [2.24, 2.45) is 5.10 Å². The molecule has 4 heteroatoms. The number of nitrogens with zero attached hydrogens (tertiary/aromatic N) is 1. The molecule has 0 fully saturated rings. The fourth-order valence-corrected chi connectivity index (χ4v) is 1.35. The van der Waals surface area contributed by atoms with E-state index in [2.05, 4.69) is 10.5 Å². The van der Waals surface area contributed by atoms with Gasteiger partial charge in [0.25, 0.3) is 5.91 Å². The molecule has 0 saturated carbocycles. The minimum atomic E-state index is -0.240. The van der Waals surface area contributed by atoms with Gasteiger partial charge in [0.1, 0.15) is 5.75 Å². The van der Waals surface area contributed by atoms with E-state index < -0.39 is 0 Å². The van der Waals surface area contributed by atoms with E-state index >= 15 is 0 Å². The van der Waals surface area contributed by atoms with E-state index in [0.717, 1.165) is 0 Å². The van der Waals surface area contributed by atoms with E-state index in [1.165, 1.54) is 0 Å². The Labute approximate surface area is 86.9 Å². The van der Waals surface area contributed by atoms with Crippen LogP contribution < -0.4 is 5.43 Å². The molecule has 1 amide bonds. The van der Waals surface area contributed by atoms with Crippen LogP contribution >= 0.6 is 0 Å². The van der Waals surface area contributed by atoms with Crippen LogP contribution in [-0.4, -0.2) is 16.7 Å². The Morgan fingerprint density at radius 1 is 1.40 bits per heavy atom. The van der Waals surface area contributed by atoms with Gasteiger partial charge in [-0.25, -0.2) is 5.43 Å². The lowest BCUT2D eigenvalue weighted by Gasteiger charge is -1.99. The maximum Gasteiger partial charge on any atom is 0.273 e. The van der Waals surface area contributed by atoms with E-state index in [0.29, 0.717) is 16.8 Å². The van der Waals surface area contributed by atoms with Crippen LogP contribution in [0.25, 0.3) is 6.08 Å². The van der Waals surface area contributed by atoms with Crippen molar-refractivity contribution in [3.8, 4) is 5.75 Å². The molecule has 0 bridgehead atoms. The number of phenolic OH excluding ortho intramolecular Hbond substituents is 1. The molecule has 0 unspecified atom stereocenters. The van der Waals surface area contributed by atoms with Gasteiger partial charge in [-0.2, -0.15) is 5.10 Å². The summed E-state index contributed by atoms with van der Waals surface area (Å²) < 4.78 is 0. The lowest BCUT2D eigenvalue weighted by atomic mass is 10.1. The summed E-state index contributed by atoms with van der Waals surface area (Å²) in [6, 6.07) is 6.84. The van der Waals surface area contributed by atoms with Crippen molar-refractivity contribution in [3.05, 3.63) is 35.4 Å². The van der Waals surface area contributed by atoms with E-state index in [9.17, 15) is 9.90 Å². The molecule has 15 heavy (non-hydrogen) atoms. The maximum atomic E-state index is 11.3. The number of amides is 1. The number of carbonyl (C=O) groups is 1. The number of para-hydroxylation sites is 1. The van der Waals surface area contributed by atoms with Crippen molar-refractivity contribution >= 4 is 17.7 Å². The second-order valence-electron chi connectivity index (χ2n) is 3.25. The predicted molar refractivity (Wildman–Crippen MR) is 57.3 cm³/mol. The van der Waals surface area contributed by atoms with Crippen LogP contribution in [0.5, 0.6) is 5.75 Å². The second-order valence-corrected chi connectivity index (χ2v) is 3.25. The highest BCUT2D eigenvalue weighted by Crippen LogP contribution is 2.20. The molecule has 4 nitrogen and oxygen atoms in total. The van der Waals surface area contributed by atoms with Gasteiger partial charge in [0, 0.05) is 5.56 Å². The van der Waals surface area contributed by atoms with Gasteiger partial charge in [0.2, 0.25) is 0 Å². The largest absolute Gasteiger partial charge is 0.507 e. The Bertz CT molecular complexity index is 475. The molecular formula is C11H10N2O2. The first-order chi connectivity index (χ1) is 7.18. The topological polar surface area (TPSA) is 61.7 Å². The zero-order valence-electron chi connectivity index (χ0n) is 8.19. The minimum absolute atomic E-state index is 0.150. The quantitative estimate of drug-likeness (QED) is 0.674. The molecule has 1 heterocycles. The molecule has 76 valence electrons. The number of nitrogens with one attached hydrogen (secondary N) is 1.